The maximum atomic E-state index is 5.42. The molecule has 0 aromatic carbocycles. The van der Waals surface area contributed by atoms with Gasteiger partial charge in [0.2, 0.25) is 0 Å². The Labute approximate surface area is 125 Å². The maximum Gasteiger partial charge on any atom is 0.105 e. The summed E-state index contributed by atoms with van der Waals surface area (Å²) in [6.45, 7) is 2.28. The summed E-state index contributed by atoms with van der Waals surface area (Å²) in [5.74, 6) is 1.10. The highest BCUT2D eigenvalue weighted by Crippen LogP contribution is 2.13. The Morgan fingerprint density at radius 1 is 1.00 bits per heavy atom. The van der Waals surface area contributed by atoms with Crippen LogP contribution in [0.4, 0.5) is 0 Å². The van der Waals surface area contributed by atoms with Gasteiger partial charge in [-0.2, -0.15) is 0 Å². The van der Waals surface area contributed by atoms with Crippen LogP contribution in [0.25, 0.3) is 0 Å². The first-order valence-electron chi connectivity index (χ1n) is 8.56. The van der Waals surface area contributed by atoms with Gasteiger partial charge in [-0.3, -0.25) is 0 Å². The standard InChI is InChI=1S/C18H33NO/c1-3-4-5-6-7-8-9-10-11-13-17(19-2)16-18-14-12-15-20-18/h12,14-15,17,19H,3-11,13,16H2,1-2H3. The molecule has 20 heavy (non-hydrogen) atoms. The van der Waals surface area contributed by atoms with Crippen molar-refractivity contribution >= 4 is 0 Å². The number of hydrogen-bond donors (Lipinski definition) is 1. The molecule has 0 spiro atoms. The predicted molar refractivity (Wildman–Crippen MR) is 87.1 cm³/mol. The van der Waals surface area contributed by atoms with Crippen LogP contribution in [0.15, 0.2) is 22.8 Å². The molecule has 1 heterocycles. The van der Waals surface area contributed by atoms with Crippen molar-refractivity contribution in [3.63, 3.8) is 0 Å². The molecule has 0 saturated heterocycles. The van der Waals surface area contributed by atoms with E-state index >= 15 is 0 Å². The van der Waals surface area contributed by atoms with E-state index in [1.165, 1.54) is 64.2 Å². The first-order valence-corrected chi connectivity index (χ1v) is 8.56. The van der Waals surface area contributed by atoms with E-state index < -0.39 is 0 Å². The van der Waals surface area contributed by atoms with Gasteiger partial charge < -0.3 is 9.73 Å². The van der Waals surface area contributed by atoms with Gasteiger partial charge in [0.05, 0.1) is 6.26 Å². The number of hydrogen-bond acceptors (Lipinski definition) is 2. The van der Waals surface area contributed by atoms with Crippen molar-refractivity contribution in [1.82, 2.24) is 5.32 Å². The van der Waals surface area contributed by atoms with Crippen molar-refractivity contribution in [2.24, 2.45) is 0 Å². The van der Waals surface area contributed by atoms with Crippen LogP contribution in [-0.4, -0.2) is 13.1 Å². The number of furan rings is 1. The second kappa shape index (κ2) is 12.0. The first kappa shape index (κ1) is 17.3. The average molecular weight is 279 g/mol. The normalized spacial score (nSPS) is 12.7. The lowest BCUT2D eigenvalue weighted by Crippen LogP contribution is -2.27. The van der Waals surface area contributed by atoms with Gasteiger partial charge in [0.25, 0.3) is 0 Å². The van der Waals surface area contributed by atoms with Gasteiger partial charge in [0.1, 0.15) is 5.76 Å². The fourth-order valence-electron chi connectivity index (χ4n) is 2.72. The highest BCUT2D eigenvalue weighted by molar-refractivity contribution is 5.00. The molecule has 1 aromatic heterocycles. The van der Waals surface area contributed by atoms with E-state index in [0.29, 0.717) is 6.04 Å². The molecule has 2 heteroatoms. The lowest BCUT2D eigenvalue weighted by Gasteiger charge is -2.14. The third-order valence-corrected chi connectivity index (χ3v) is 4.09. The minimum absolute atomic E-state index is 0.561. The van der Waals surface area contributed by atoms with Crippen molar-refractivity contribution in [2.75, 3.05) is 7.05 Å². The number of nitrogens with one attached hydrogen (secondary N) is 1. The van der Waals surface area contributed by atoms with Crippen LogP contribution in [0.5, 0.6) is 0 Å². The minimum atomic E-state index is 0.561. The molecule has 0 amide bonds. The summed E-state index contributed by atoms with van der Waals surface area (Å²) in [5.41, 5.74) is 0. The largest absolute Gasteiger partial charge is 0.469 e. The van der Waals surface area contributed by atoms with E-state index in [9.17, 15) is 0 Å². The highest BCUT2D eigenvalue weighted by Gasteiger charge is 2.08. The Morgan fingerprint density at radius 3 is 2.20 bits per heavy atom. The summed E-state index contributed by atoms with van der Waals surface area (Å²) in [5, 5.41) is 3.41. The Balaban J connectivity index is 1.93. The highest BCUT2D eigenvalue weighted by atomic mass is 16.3. The van der Waals surface area contributed by atoms with Crippen LogP contribution in [0, 0.1) is 0 Å². The zero-order chi connectivity index (χ0) is 14.5. The van der Waals surface area contributed by atoms with Crippen LogP contribution in [-0.2, 0) is 6.42 Å². The topological polar surface area (TPSA) is 25.2 Å². The van der Waals surface area contributed by atoms with Crippen LogP contribution < -0.4 is 5.32 Å². The molecule has 1 rings (SSSR count). The second-order valence-corrected chi connectivity index (χ2v) is 5.89. The van der Waals surface area contributed by atoms with Crippen molar-refractivity contribution in [3.05, 3.63) is 24.2 Å². The monoisotopic (exact) mass is 279 g/mol. The smallest absolute Gasteiger partial charge is 0.105 e. The van der Waals surface area contributed by atoms with E-state index in [-0.39, 0.29) is 0 Å². The summed E-state index contributed by atoms with van der Waals surface area (Å²) in [7, 11) is 2.06. The summed E-state index contributed by atoms with van der Waals surface area (Å²) in [4.78, 5) is 0. The molecular formula is C18H33NO. The van der Waals surface area contributed by atoms with E-state index in [1.54, 1.807) is 6.26 Å². The van der Waals surface area contributed by atoms with Gasteiger partial charge >= 0.3 is 0 Å². The summed E-state index contributed by atoms with van der Waals surface area (Å²) in [6, 6.07) is 4.60. The third-order valence-electron chi connectivity index (χ3n) is 4.09. The van der Waals surface area contributed by atoms with E-state index in [1.807, 2.05) is 6.07 Å². The molecule has 0 aliphatic heterocycles. The molecule has 1 unspecified atom stereocenters. The molecule has 116 valence electrons. The van der Waals surface area contributed by atoms with E-state index in [2.05, 4.69) is 25.4 Å². The Bertz CT molecular complexity index is 294. The van der Waals surface area contributed by atoms with Crippen molar-refractivity contribution in [1.29, 1.82) is 0 Å². The fourth-order valence-corrected chi connectivity index (χ4v) is 2.72. The Kier molecular flexibility index (Phi) is 10.4. The summed E-state index contributed by atoms with van der Waals surface area (Å²) in [6.07, 6.45) is 16.6. The molecule has 0 fully saturated rings. The fraction of sp³-hybridized carbons (Fsp3) is 0.778. The van der Waals surface area contributed by atoms with Crippen molar-refractivity contribution in [3.8, 4) is 0 Å². The van der Waals surface area contributed by atoms with E-state index in [0.717, 1.165) is 12.2 Å². The molecule has 0 radical (unpaired) electrons. The molecule has 0 aliphatic carbocycles. The minimum Gasteiger partial charge on any atom is -0.469 e. The Hall–Kier alpha value is -0.760. The summed E-state index contributed by atoms with van der Waals surface area (Å²) >= 11 is 0. The molecule has 1 N–H and O–H groups in total. The SMILES string of the molecule is CCCCCCCCCCCC(Cc1ccco1)NC. The van der Waals surface area contributed by atoms with Crippen LogP contribution >= 0.6 is 0 Å². The number of rotatable bonds is 13. The molecular weight excluding hydrogens is 246 g/mol. The van der Waals surface area contributed by atoms with Gasteiger partial charge in [0.15, 0.2) is 0 Å². The van der Waals surface area contributed by atoms with Crippen molar-refractivity contribution in [2.45, 2.75) is 83.6 Å². The average Bonchev–Trinajstić information content (AvgIpc) is 2.97. The summed E-state index contributed by atoms with van der Waals surface area (Å²) < 4.78 is 5.42. The lowest BCUT2D eigenvalue weighted by atomic mass is 10.0. The molecule has 2 nitrogen and oxygen atoms in total. The van der Waals surface area contributed by atoms with Crippen LogP contribution in [0.3, 0.4) is 0 Å². The number of unbranched alkanes of at least 4 members (excludes halogenated alkanes) is 8. The maximum absolute atomic E-state index is 5.42. The lowest BCUT2D eigenvalue weighted by molar-refractivity contribution is 0.428. The van der Waals surface area contributed by atoms with Gasteiger partial charge in [-0.05, 0) is 25.6 Å². The van der Waals surface area contributed by atoms with E-state index in [4.69, 9.17) is 4.42 Å². The molecule has 0 saturated carbocycles. The van der Waals surface area contributed by atoms with Crippen molar-refractivity contribution < 1.29 is 4.42 Å². The van der Waals surface area contributed by atoms with Gasteiger partial charge in [-0.25, -0.2) is 0 Å². The van der Waals surface area contributed by atoms with Crippen LogP contribution in [0.1, 0.15) is 76.9 Å². The Morgan fingerprint density at radius 2 is 1.65 bits per heavy atom. The molecule has 0 bridgehead atoms. The number of likely N-dealkylation sites (N-methyl/N-ethyl adjacent to an activating group) is 1. The zero-order valence-electron chi connectivity index (χ0n) is 13.5. The quantitative estimate of drug-likeness (QED) is 0.494. The predicted octanol–water partition coefficient (Wildman–Crippen LogP) is 5.33. The zero-order valence-corrected chi connectivity index (χ0v) is 13.5. The van der Waals surface area contributed by atoms with Gasteiger partial charge in [-0.1, -0.05) is 64.7 Å². The second-order valence-electron chi connectivity index (χ2n) is 5.89. The first-order chi connectivity index (χ1) is 9.86. The van der Waals surface area contributed by atoms with Gasteiger partial charge in [-0.15, -0.1) is 0 Å². The molecule has 1 atom stereocenters. The molecule has 1 aromatic rings. The van der Waals surface area contributed by atoms with Crippen LogP contribution in [0.2, 0.25) is 0 Å². The third kappa shape index (κ3) is 8.42. The molecule has 0 aliphatic rings. The van der Waals surface area contributed by atoms with Gasteiger partial charge in [0, 0.05) is 12.5 Å².